The molecule has 120 valence electrons. The number of nitrogens with zero attached hydrogens (tertiary/aromatic N) is 1. The number of carbonyl (C=O) groups excluding carboxylic acids is 1. The van der Waals surface area contributed by atoms with Crippen molar-refractivity contribution in [3.8, 4) is 0 Å². The van der Waals surface area contributed by atoms with Crippen molar-refractivity contribution in [2.24, 2.45) is 11.8 Å². The number of carboxylic acid groups (broad SMARTS) is 1. The van der Waals surface area contributed by atoms with Gasteiger partial charge in [0.2, 0.25) is 5.91 Å². The summed E-state index contributed by atoms with van der Waals surface area (Å²) in [5.41, 5.74) is -0.907. The van der Waals surface area contributed by atoms with Crippen LogP contribution >= 0.6 is 0 Å². The van der Waals surface area contributed by atoms with Gasteiger partial charge in [0.05, 0.1) is 22.5 Å². The number of non-ortho nitro benzene ring substituents is 1. The third-order valence-corrected chi connectivity index (χ3v) is 4.23. The normalized spacial score (nSPS) is 31.1. The third-order valence-electron chi connectivity index (χ3n) is 4.23. The first-order chi connectivity index (χ1) is 10.8. The van der Waals surface area contributed by atoms with Crippen LogP contribution in [0.4, 0.5) is 11.4 Å². The number of hydrogen-bond donors (Lipinski definition) is 2. The lowest BCUT2D eigenvalue weighted by molar-refractivity contribution is -0.384. The van der Waals surface area contributed by atoms with Crippen molar-refractivity contribution < 1.29 is 24.4 Å². The molecular weight excluding hydrogens is 304 g/mol. The number of nitrogens with one attached hydrogen (secondary N) is 1. The summed E-state index contributed by atoms with van der Waals surface area (Å²) in [6.45, 7) is 1.66. The minimum Gasteiger partial charge on any atom is -0.481 e. The second-order valence-corrected chi connectivity index (χ2v) is 5.76. The fraction of sp³-hybridized carbons (Fsp3) is 0.333. The lowest BCUT2D eigenvalue weighted by Gasteiger charge is -2.27. The van der Waals surface area contributed by atoms with Crippen molar-refractivity contribution in [3.63, 3.8) is 0 Å². The van der Waals surface area contributed by atoms with Crippen molar-refractivity contribution in [1.82, 2.24) is 0 Å². The summed E-state index contributed by atoms with van der Waals surface area (Å²) in [7, 11) is 0. The molecule has 8 nitrogen and oxygen atoms in total. The zero-order valence-corrected chi connectivity index (χ0v) is 12.1. The van der Waals surface area contributed by atoms with E-state index in [1.54, 1.807) is 19.1 Å². The molecular formula is C15H14N2O6. The highest BCUT2D eigenvalue weighted by Gasteiger charge is 2.59. The Labute approximate surface area is 130 Å². The molecule has 0 aromatic heterocycles. The number of rotatable bonds is 4. The fourth-order valence-corrected chi connectivity index (χ4v) is 3.20. The highest BCUT2D eigenvalue weighted by Crippen LogP contribution is 2.47. The Bertz CT molecular complexity index is 730. The maximum atomic E-state index is 12.5. The number of ether oxygens (including phenoxy) is 1. The summed E-state index contributed by atoms with van der Waals surface area (Å²) in [5.74, 6) is -3.53. The van der Waals surface area contributed by atoms with E-state index in [0.29, 0.717) is 0 Å². The molecule has 0 aliphatic carbocycles. The van der Waals surface area contributed by atoms with Gasteiger partial charge in [-0.15, -0.1) is 0 Å². The van der Waals surface area contributed by atoms with E-state index < -0.39 is 40.3 Å². The molecule has 0 unspecified atom stereocenters. The van der Waals surface area contributed by atoms with Gasteiger partial charge in [-0.05, 0) is 13.0 Å². The standard InChI is InChI=1S/C15H14N2O6/c1-15-6-5-10(23-15)11(14(19)20)12(15)13(18)16-8-3-2-4-9(7-8)17(21)22/h2-7,10-12H,1H3,(H,16,18)(H,19,20)/t10-,11+,12+,15+/m1/s1. The smallest absolute Gasteiger partial charge is 0.310 e. The first-order valence-corrected chi connectivity index (χ1v) is 6.97. The highest BCUT2D eigenvalue weighted by molar-refractivity contribution is 5.97. The molecule has 1 aromatic carbocycles. The number of aliphatic carboxylic acids is 1. The summed E-state index contributed by atoms with van der Waals surface area (Å²) < 4.78 is 5.61. The number of amides is 1. The van der Waals surface area contributed by atoms with Crippen LogP contribution in [0.3, 0.4) is 0 Å². The molecule has 0 saturated carbocycles. The van der Waals surface area contributed by atoms with Crippen LogP contribution in [0.15, 0.2) is 36.4 Å². The summed E-state index contributed by atoms with van der Waals surface area (Å²) in [6, 6.07) is 5.48. The second kappa shape index (κ2) is 5.17. The van der Waals surface area contributed by atoms with Crippen LogP contribution in [0.25, 0.3) is 0 Å². The fourth-order valence-electron chi connectivity index (χ4n) is 3.20. The van der Waals surface area contributed by atoms with Gasteiger partial charge in [-0.2, -0.15) is 0 Å². The van der Waals surface area contributed by atoms with Crippen LogP contribution in [-0.4, -0.2) is 33.6 Å². The van der Waals surface area contributed by atoms with Crippen LogP contribution in [-0.2, 0) is 14.3 Å². The maximum absolute atomic E-state index is 12.5. The van der Waals surface area contributed by atoms with Crippen LogP contribution in [0.2, 0.25) is 0 Å². The van der Waals surface area contributed by atoms with E-state index >= 15 is 0 Å². The number of carboxylic acids is 1. The minimum atomic E-state index is -1.11. The first-order valence-electron chi connectivity index (χ1n) is 6.97. The van der Waals surface area contributed by atoms with Gasteiger partial charge in [0.1, 0.15) is 5.92 Å². The topological polar surface area (TPSA) is 119 Å². The molecule has 2 aliphatic rings. The quantitative estimate of drug-likeness (QED) is 0.494. The van der Waals surface area contributed by atoms with Crippen molar-refractivity contribution in [1.29, 1.82) is 0 Å². The molecule has 1 amide bonds. The molecule has 0 radical (unpaired) electrons. The van der Waals surface area contributed by atoms with Crippen LogP contribution in [0.1, 0.15) is 6.92 Å². The molecule has 23 heavy (non-hydrogen) atoms. The molecule has 2 bridgehead atoms. The highest BCUT2D eigenvalue weighted by atomic mass is 16.6. The molecule has 0 spiro atoms. The summed E-state index contributed by atoms with van der Waals surface area (Å²) in [5, 5.41) is 22.7. The Morgan fingerprint density at radius 1 is 1.43 bits per heavy atom. The van der Waals surface area contributed by atoms with Gasteiger partial charge in [-0.1, -0.05) is 18.2 Å². The van der Waals surface area contributed by atoms with E-state index in [-0.39, 0.29) is 11.4 Å². The van der Waals surface area contributed by atoms with Crippen LogP contribution in [0, 0.1) is 22.0 Å². The van der Waals surface area contributed by atoms with Gasteiger partial charge < -0.3 is 15.2 Å². The number of carbonyl (C=O) groups is 2. The van der Waals surface area contributed by atoms with Crippen LogP contribution < -0.4 is 5.32 Å². The van der Waals surface area contributed by atoms with E-state index in [1.807, 2.05) is 0 Å². The number of anilines is 1. The lowest BCUT2D eigenvalue weighted by Crippen LogP contribution is -2.44. The van der Waals surface area contributed by atoms with Crippen molar-refractivity contribution >= 4 is 23.3 Å². The molecule has 2 aliphatic heterocycles. The van der Waals surface area contributed by atoms with E-state index in [0.717, 1.165) is 0 Å². The maximum Gasteiger partial charge on any atom is 0.310 e. The Morgan fingerprint density at radius 2 is 2.17 bits per heavy atom. The summed E-state index contributed by atoms with van der Waals surface area (Å²) in [4.78, 5) is 34.2. The molecule has 2 heterocycles. The predicted octanol–water partition coefficient (Wildman–Crippen LogP) is 1.58. The van der Waals surface area contributed by atoms with Gasteiger partial charge in [0, 0.05) is 17.8 Å². The van der Waals surface area contributed by atoms with Gasteiger partial charge in [-0.25, -0.2) is 0 Å². The zero-order chi connectivity index (χ0) is 16.8. The van der Waals surface area contributed by atoms with Crippen molar-refractivity contribution in [2.75, 3.05) is 5.32 Å². The number of fused-ring (bicyclic) bond motifs is 2. The van der Waals surface area contributed by atoms with Crippen molar-refractivity contribution in [3.05, 3.63) is 46.5 Å². The average molecular weight is 318 g/mol. The number of benzene rings is 1. The van der Waals surface area contributed by atoms with E-state index in [2.05, 4.69) is 5.32 Å². The molecule has 3 rings (SSSR count). The SMILES string of the molecule is C[C@@]12C=C[C@@H](O1)[C@H](C(=O)O)[C@H]2C(=O)Nc1cccc([N+](=O)[O-])c1. The molecule has 1 aromatic rings. The molecule has 2 N–H and O–H groups in total. The molecule has 1 fully saturated rings. The van der Waals surface area contributed by atoms with E-state index in [1.165, 1.54) is 24.3 Å². The number of nitro benzene ring substituents is 1. The average Bonchev–Trinajstić information content (AvgIpc) is 3.00. The summed E-state index contributed by atoms with van der Waals surface area (Å²) in [6.07, 6.45) is 2.70. The molecule has 8 heteroatoms. The zero-order valence-electron chi connectivity index (χ0n) is 12.1. The first kappa shape index (κ1) is 15.2. The lowest BCUT2D eigenvalue weighted by atomic mass is 9.75. The summed E-state index contributed by atoms with van der Waals surface area (Å²) >= 11 is 0. The van der Waals surface area contributed by atoms with Crippen molar-refractivity contribution in [2.45, 2.75) is 18.6 Å². The largest absolute Gasteiger partial charge is 0.481 e. The van der Waals surface area contributed by atoms with E-state index in [4.69, 9.17) is 4.74 Å². The van der Waals surface area contributed by atoms with Gasteiger partial charge in [0.15, 0.2) is 0 Å². The molecule has 1 saturated heterocycles. The van der Waals surface area contributed by atoms with Crippen LogP contribution in [0.5, 0.6) is 0 Å². The Hall–Kier alpha value is -2.74. The number of hydrogen-bond acceptors (Lipinski definition) is 5. The third kappa shape index (κ3) is 2.46. The molecule has 4 atom stereocenters. The second-order valence-electron chi connectivity index (χ2n) is 5.76. The Balaban J connectivity index is 1.85. The van der Waals surface area contributed by atoms with Gasteiger partial charge in [0.25, 0.3) is 5.69 Å². The van der Waals surface area contributed by atoms with Gasteiger partial charge in [-0.3, -0.25) is 19.7 Å². The Morgan fingerprint density at radius 3 is 2.83 bits per heavy atom. The monoisotopic (exact) mass is 318 g/mol. The number of nitro groups is 1. The Kier molecular flexibility index (Phi) is 3.41. The minimum absolute atomic E-state index is 0.159. The van der Waals surface area contributed by atoms with Gasteiger partial charge >= 0.3 is 5.97 Å². The van der Waals surface area contributed by atoms with E-state index in [9.17, 15) is 24.8 Å². The predicted molar refractivity (Wildman–Crippen MR) is 78.8 cm³/mol.